The van der Waals surface area contributed by atoms with Gasteiger partial charge in [-0.3, -0.25) is 0 Å². The summed E-state index contributed by atoms with van der Waals surface area (Å²) in [7, 11) is 0. The van der Waals surface area contributed by atoms with Crippen molar-refractivity contribution in [2.24, 2.45) is 5.92 Å². The van der Waals surface area contributed by atoms with Gasteiger partial charge >= 0.3 is 0 Å². The van der Waals surface area contributed by atoms with Crippen LogP contribution in [0.1, 0.15) is 32.1 Å². The predicted octanol–water partition coefficient (Wildman–Crippen LogP) is 1.65. The largest absolute Gasteiger partial charge is 0.788 e. The Morgan fingerprint density at radius 3 is 2.44 bits per heavy atom. The van der Waals surface area contributed by atoms with Crippen LogP contribution in [0.15, 0.2) is 0 Å². The Balaban J connectivity index is 2.08. The molecule has 0 aliphatic heterocycles. The third-order valence-corrected chi connectivity index (χ3v) is 2.10. The molecule has 0 aromatic rings. The SMILES string of the molecule is [O-]NCC1CCCCC1. The maximum Gasteiger partial charge on any atom is -0.0141 e. The minimum atomic E-state index is 0.677. The van der Waals surface area contributed by atoms with Gasteiger partial charge in [0.15, 0.2) is 0 Å². The number of hydroxylamine groups is 1. The predicted molar refractivity (Wildman–Crippen MR) is 37.9 cm³/mol. The monoisotopic (exact) mass is 128 g/mol. The van der Waals surface area contributed by atoms with Gasteiger partial charge < -0.3 is 10.7 Å². The fourth-order valence-corrected chi connectivity index (χ4v) is 1.51. The van der Waals surface area contributed by atoms with Crippen molar-refractivity contribution in [3.05, 3.63) is 5.21 Å². The van der Waals surface area contributed by atoms with Crippen LogP contribution >= 0.6 is 0 Å². The van der Waals surface area contributed by atoms with Gasteiger partial charge in [-0.05, 0) is 25.3 Å². The van der Waals surface area contributed by atoms with Gasteiger partial charge in [-0.2, -0.15) is 0 Å². The van der Waals surface area contributed by atoms with E-state index in [0.717, 1.165) is 0 Å². The zero-order valence-corrected chi connectivity index (χ0v) is 5.73. The Labute approximate surface area is 56.2 Å². The summed E-state index contributed by atoms with van der Waals surface area (Å²) in [5, 5.41) is 9.95. The van der Waals surface area contributed by atoms with Crippen molar-refractivity contribution < 1.29 is 0 Å². The lowest BCUT2D eigenvalue weighted by molar-refractivity contribution is 0.354. The molecule has 0 spiro atoms. The van der Waals surface area contributed by atoms with E-state index < -0.39 is 0 Å². The normalized spacial score (nSPS) is 22.3. The number of nitrogens with one attached hydrogen (secondary N) is 1. The average Bonchev–Trinajstić information content (AvgIpc) is 1.91. The van der Waals surface area contributed by atoms with E-state index in [1.807, 2.05) is 5.48 Å². The minimum Gasteiger partial charge on any atom is -0.788 e. The Bertz CT molecular complexity index is 66.6. The minimum absolute atomic E-state index is 0.677. The van der Waals surface area contributed by atoms with Crippen molar-refractivity contribution in [2.75, 3.05) is 6.54 Å². The van der Waals surface area contributed by atoms with Crippen LogP contribution in [0.4, 0.5) is 0 Å². The maximum atomic E-state index is 9.95. The highest BCUT2D eigenvalue weighted by Gasteiger charge is 2.10. The zero-order chi connectivity index (χ0) is 6.53. The molecular formula is C7H14NO-. The van der Waals surface area contributed by atoms with E-state index in [9.17, 15) is 5.21 Å². The molecule has 54 valence electrons. The summed E-state index contributed by atoms with van der Waals surface area (Å²) in [5.41, 5.74) is 1.99. The molecule has 1 N–H and O–H groups in total. The Morgan fingerprint density at radius 2 is 1.89 bits per heavy atom. The number of hydrogen-bond acceptors (Lipinski definition) is 2. The Kier molecular flexibility index (Phi) is 3.01. The lowest BCUT2D eigenvalue weighted by Crippen LogP contribution is -2.19. The zero-order valence-electron chi connectivity index (χ0n) is 5.73. The van der Waals surface area contributed by atoms with Crippen LogP contribution in [0.2, 0.25) is 0 Å². The molecule has 0 saturated heterocycles. The molecule has 0 unspecified atom stereocenters. The van der Waals surface area contributed by atoms with E-state index in [-0.39, 0.29) is 0 Å². The third-order valence-electron chi connectivity index (χ3n) is 2.10. The lowest BCUT2D eigenvalue weighted by atomic mass is 9.89. The summed E-state index contributed by atoms with van der Waals surface area (Å²) in [6.07, 6.45) is 6.54. The Morgan fingerprint density at radius 1 is 1.22 bits per heavy atom. The fourth-order valence-electron chi connectivity index (χ4n) is 1.51. The third kappa shape index (κ3) is 2.33. The molecule has 2 heteroatoms. The second-order valence-corrected chi connectivity index (χ2v) is 2.85. The van der Waals surface area contributed by atoms with E-state index >= 15 is 0 Å². The quantitative estimate of drug-likeness (QED) is 0.574. The van der Waals surface area contributed by atoms with E-state index in [4.69, 9.17) is 0 Å². The van der Waals surface area contributed by atoms with Gasteiger partial charge in [0.25, 0.3) is 0 Å². The molecule has 2 nitrogen and oxygen atoms in total. The summed E-state index contributed by atoms with van der Waals surface area (Å²) < 4.78 is 0. The molecule has 0 heterocycles. The smallest absolute Gasteiger partial charge is 0.0141 e. The molecule has 0 aromatic carbocycles. The van der Waals surface area contributed by atoms with Gasteiger partial charge in [0.05, 0.1) is 0 Å². The van der Waals surface area contributed by atoms with Crippen molar-refractivity contribution in [3.63, 3.8) is 0 Å². The van der Waals surface area contributed by atoms with Crippen LogP contribution in [0, 0.1) is 11.1 Å². The second-order valence-electron chi connectivity index (χ2n) is 2.85. The van der Waals surface area contributed by atoms with Gasteiger partial charge in [0.1, 0.15) is 0 Å². The summed E-state index contributed by atoms with van der Waals surface area (Å²) in [5.74, 6) is 0.677. The first-order chi connectivity index (χ1) is 4.43. The molecular weight excluding hydrogens is 114 g/mol. The van der Waals surface area contributed by atoms with Crippen LogP contribution < -0.4 is 5.48 Å². The molecule has 1 aliphatic rings. The molecule has 9 heavy (non-hydrogen) atoms. The summed E-state index contributed by atoms with van der Waals surface area (Å²) in [6.45, 7) is 0.681. The van der Waals surface area contributed by atoms with Crippen LogP contribution in [-0.4, -0.2) is 6.54 Å². The van der Waals surface area contributed by atoms with Crippen LogP contribution in [-0.2, 0) is 0 Å². The molecule has 1 fully saturated rings. The van der Waals surface area contributed by atoms with Gasteiger partial charge in [-0.15, -0.1) is 0 Å². The molecule has 0 aromatic heterocycles. The molecule has 0 atom stereocenters. The van der Waals surface area contributed by atoms with Crippen molar-refractivity contribution in [3.8, 4) is 0 Å². The maximum absolute atomic E-state index is 9.95. The molecule has 0 amide bonds. The first-order valence-corrected chi connectivity index (χ1v) is 3.78. The lowest BCUT2D eigenvalue weighted by Gasteiger charge is -2.23. The van der Waals surface area contributed by atoms with Crippen molar-refractivity contribution >= 4 is 0 Å². The van der Waals surface area contributed by atoms with Crippen LogP contribution in [0.25, 0.3) is 0 Å². The average molecular weight is 128 g/mol. The molecule has 1 aliphatic carbocycles. The standard InChI is InChI=1S/C7H14NO/c9-8-6-7-4-2-1-3-5-7/h7-8H,1-6H2/q-1. The van der Waals surface area contributed by atoms with E-state index in [1.54, 1.807) is 0 Å². The highest BCUT2D eigenvalue weighted by atomic mass is 16.5. The highest BCUT2D eigenvalue weighted by molar-refractivity contribution is 4.67. The van der Waals surface area contributed by atoms with Crippen LogP contribution in [0.5, 0.6) is 0 Å². The Hall–Kier alpha value is -0.0800. The van der Waals surface area contributed by atoms with E-state index in [2.05, 4.69) is 0 Å². The molecule has 1 saturated carbocycles. The van der Waals surface area contributed by atoms with Crippen LogP contribution in [0.3, 0.4) is 0 Å². The first-order valence-electron chi connectivity index (χ1n) is 3.78. The van der Waals surface area contributed by atoms with Gasteiger partial charge in [0, 0.05) is 0 Å². The fraction of sp³-hybridized carbons (Fsp3) is 1.00. The molecule has 0 bridgehead atoms. The topological polar surface area (TPSA) is 35.1 Å². The number of hydrogen-bond donors (Lipinski definition) is 1. The molecule has 0 radical (unpaired) electrons. The highest BCUT2D eigenvalue weighted by Crippen LogP contribution is 2.22. The van der Waals surface area contributed by atoms with Crippen molar-refractivity contribution in [1.82, 2.24) is 5.48 Å². The van der Waals surface area contributed by atoms with E-state index in [1.165, 1.54) is 32.1 Å². The summed E-state index contributed by atoms with van der Waals surface area (Å²) >= 11 is 0. The van der Waals surface area contributed by atoms with E-state index in [0.29, 0.717) is 12.5 Å². The first kappa shape index (κ1) is 7.03. The van der Waals surface area contributed by atoms with Gasteiger partial charge in [-0.25, -0.2) is 0 Å². The van der Waals surface area contributed by atoms with Crippen molar-refractivity contribution in [2.45, 2.75) is 32.1 Å². The second kappa shape index (κ2) is 3.85. The van der Waals surface area contributed by atoms with Crippen molar-refractivity contribution in [1.29, 1.82) is 0 Å². The summed E-state index contributed by atoms with van der Waals surface area (Å²) in [4.78, 5) is 0. The van der Waals surface area contributed by atoms with Gasteiger partial charge in [-0.1, -0.05) is 19.3 Å². The van der Waals surface area contributed by atoms with Gasteiger partial charge in [0.2, 0.25) is 0 Å². The number of rotatable bonds is 2. The summed E-state index contributed by atoms with van der Waals surface area (Å²) in [6, 6.07) is 0. The molecule has 1 rings (SSSR count).